The zero-order chi connectivity index (χ0) is 15.2. The van der Waals surface area contributed by atoms with Gasteiger partial charge in [0.25, 0.3) is 0 Å². The standard InChI is InChI=1S/C18H23NO2/c1-13-4-6-14(7-5-13)10-16(19)11-15-8-9-17(20-2)12-18(15)21-3/h4-9,12,16H,10-11,19H2,1-3H3. The Labute approximate surface area is 126 Å². The lowest BCUT2D eigenvalue weighted by molar-refractivity contribution is 0.390. The molecule has 0 bridgehead atoms. The lowest BCUT2D eigenvalue weighted by Gasteiger charge is -2.15. The van der Waals surface area contributed by atoms with Crippen LogP contribution in [0.25, 0.3) is 0 Å². The van der Waals surface area contributed by atoms with Gasteiger partial charge in [0.15, 0.2) is 0 Å². The third-order valence-corrected chi connectivity index (χ3v) is 3.59. The number of rotatable bonds is 6. The molecule has 2 aromatic rings. The highest BCUT2D eigenvalue weighted by Gasteiger charge is 2.10. The van der Waals surface area contributed by atoms with Crippen molar-refractivity contribution in [3.63, 3.8) is 0 Å². The molecular weight excluding hydrogens is 262 g/mol. The van der Waals surface area contributed by atoms with Crippen LogP contribution < -0.4 is 15.2 Å². The molecule has 0 saturated heterocycles. The van der Waals surface area contributed by atoms with Crippen molar-refractivity contribution >= 4 is 0 Å². The van der Waals surface area contributed by atoms with E-state index < -0.39 is 0 Å². The van der Waals surface area contributed by atoms with Gasteiger partial charge in [-0.3, -0.25) is 0 Å². The summed E-state index contributed by atoms with van der Waals surface area (Å²) in [6.07, 6.45) is 1.64. The molecule has 0 fully saturated rings. The molecule has 0 aromatic heterocycles. The van der Waals surface area contributed by atoms with E-state index in [-0.39, 0.29) is 6.04 Å². The molecule has 21 heavy (non-hydrogen) atoms. The maximum absolute atomic E-state index is 6.28. The van der Waals surface area contributed by atoms with E-state index in [4.69, 9.17) is 15.2 Å². The fourth-order valence-corrected chi connectivity index (χ4v) is 2.40. The normalized spacial score (nSPS) is 12.0. The van der Waals surface area contributed by atoms with Gasteiger partial charge in [-0.1, -0.05) is 35.9 Å². The van der Waals surface area contributed by atoms with Gasteiger partial charge >= 0.3 is 0 Å². The molecule has 0 amide bonds. The Hall–Kier alpha value is -2.00. The van der Waals surface area contributed by atoms with Gasteiger partial charge in [-0.05, 0) is 37.0 Å². The molecule has 2 aromatic carbocycles. The predicted octanol–water partition coefficient (Wildman–Crippen LogP) is 3.12. The van der Waals surface area contributed by atoms with Crippen molar-refractivity contribution in [2.75, 3.05) is 14.2 Å². The highest BCUT2D eigenvalue weighted by Crippen LogP contribution is 2.25. The van der Waals surface area contributed by atoms with E-state index in [1.807, 2.05) is 18.2 Å². The van der Waals surface area contributed by atoms with Crippen LogP contribution >= 0.6 is 0 Å². The van der Waals surface area contributed by atoms with Crippen LogP contribution in [0.5, 0.6) is 11.5 Å². The van der Waals surface area contributed by atoms with E-state index >= 15 is 0 Å². The van der Waals surface area contributed by atoms with Gasteiger partial charge in [0.2, 0.25) is 0 Å². The van der Waals surface area contributed by atoms with Gasteiger partial charge in [0.05, 0.1) is 14.2 Å². The zero-order valence-electron chi connectivity index (χ0n) is 12.9. The number of aryl methyl sites for hydroxylation is 1. The Kier molecular flexibility index (Phi) is 5.23. The minimum Gasteiger partial charge on any atom is -0.497 e. The Balaban J connectivity index is 2.05. The van der Waals surface area contributed by atoms with Crippen LogP contribution in [0.1, 0.15) is 16.7 Å². The summed E-state index contributed by atoms with van der Waals surface area (Å²) in [5.41, 5.74) is 9.92. The molecule has 2 N–H and O–H groups in total. The fraction of sp³-hybridized carbons (Fsp3) is 0.333. The van der Waals surface area contributed by atoms with Gasteiger partial charge in [-0.25, -0.2) is 0 Å². The van der Waals surface area contributed by atoms with Crippen LogP contribution in [0.3, 0.4) is 0 Å². The summed E-state index contributed by atoms with van der Waals surface area (Å²) in [7, 11) is 3.32. The first-order valence-corrected chi connectivity index (χ1v) is 7.14. The van der Waals surface area contributed by atoms with Crippen molar-refractivity contribution < 1.29 is 9.47 Å². The molecule has 0 radical (unpaired) electrons. The Morgan fingerprint density at radius 1 is 0.952 bits per heavy atom. The van der Waals surface area contributed by atoms with E-state index in [9.17, 15) is 0 Å². The van der Waals surface area contributed by atoms with Crippen molar-refractivity contribution in [3.8, 4) is 11.5 Å². The summed E-state index contributed by atoms with van der Waals surface area (Å²) in [6, 6.07) is 14.4. The summed E-state index contributed by atoms with van der Waals surface area (Å²) in [5.74, 6) is 1.62. The lowest BCUT2D eigenvalue weighted by Crippen LogP contribution is -2.25. The Morgan fingerprint density at radius 3 is 2.29 bits per heavy atom. The summed E-state index contributed by atoms with van der Waals surface area (Å²) in [5, 5.41) is 0. The van der Waals surface area contributed by atoms with Crippen LogP contribution in [-0.2, 0) is 12.8 Å². The predicted molar refractivity (Wildman–Crippen MR) is 86.1 cm³/mol. The van der Waals surface area contributed by atoms with Crippen LogP contribution in [0, 0.1) is 6.92 Å². The number of ether oxygens (including phenoxy) is 2. The van der Waals surface area contributed by atoms with E-state index in [1.54, 1.807) is 14.2 Å². The Morgan fingerprint density at radius 2 is 1.67 bits per heavy atom. The monoisotopic (exact) mass is 285 g/mol. The van der Waals surface area contributed by atoms with Gasteiger partial charge < -0.3 is 15.2 Å². The Bertz CT molecular complexity index is 578. The molecule has 2 rings (SSSR count). The van der Waals surface area contributed by atoms with Crippen molar-refractivity contribution in [3.05, 3.63) is 59.2 Å². The maximum Gasteiger partial charge on any atom is 0.125 e. The number of methoxy groups -OCH3 is 2. The smallest absolute Gasteiger partial charge is 0.125 e. The summed E-state index contributed by atoms with van der Waals surface area (Å²) >= 11 is 0. The minimum atomic E-state index is 0.0648. The topological polar surface area (TPSA) is 44.5 Å². The molecule has 1 atom stereocenters. The molecule has 0 aliphatic rings. The molecule has 1 unspecified atom stereocenters. The molecule has 0 aliphatic carbocycles. The van der Waals surface area contributed by atoms with Crippen LogP contribution in [-0.4, -0.2) is 20.3 Å². The molecule has 0 aliphatic heterocycles. The number of benzene rings is 2. The third kappa shape index (κ3) is 4.23. The quantitative estimate of drug-likeness (QED) is 0.887. The summed E-state index contributed by atoms with van der Waals surface area (Å²) < 4.78 is 10.6. The largest absolute Gasteiger partial charge is 0.497 e. The van der Waals surface area contributed by atoms with Crippen molar-refractivity contribution in [2.24, 2.45) is 5.73 Å². The van der Waals surface area contributed by atoms with Crippen molar-refractivity contribution in [1.29, 1.82) is 0 Å². The molecule has 112 valence electrons. The average molecular weight is 285 g/mol. The van der Waals surface area contributed by atoms with E-state index in [2.05, 4.69) is 31.2 Å². The molecule has 0 spiro atoms. The molecule has 3 heteroatoms. The highest BCUT2D eigenvalue weighted by atomic mass is 16.5. The van der Waals surface area contributed by atoms with Gasteiger partial charge in [0, 0.05) is 12.1 Å². The minimum absolute atomic E-state index is 0.0648. The van der Waals surface area contributed by atoms with E-state index in [0.29, 0.717) is 0 Å². The zero-order valence-corrected chi connectivity index (χ0v) is 12.9. The lowest BCUT2D eigenvalue weighted by atomic mass is 9.98. The van der Waals surface area contributed by atoms with Gasteiger partial charge in [-0.15, -0.1) is 0 Å². The van der Waals surface area contributed by atoms with Crippen LogP contribution in [0.15, 0.2) is 42.5 Å². The SMILES string of the molecule is COc1ccc(CC(N)Cc2ccc(C)cc2)c(OC)c1. The molecule has 3 nitrogen and oxygen atoms in total. The number of hydrogen-bond donors (Lipinski definition) is 1. The van der Waals surface area contributed by atoms with Crippen molar-refractivity contribution in [2.45, 2.75) is 25.8 Å². The number of nitrogens with two attached hydrogens (primary N) is 1. The maximum atomic E-state index is 6.28. The molecule has 0 saturated carbocycles. The first kappa shape index (κ1) is 15.4. The second-order valence-electron chi connectivity index (χ2n) is 5.33. The molecular formula is C18H23NO2. The van der Waals surface area contributed by atoms with Crippen LogP contribution in [0.2, 0.25) is 0 Å². The fourth-order valence-electron chi connectivity index (χ4n) is 2.40. The van der Waals surface area contributed by atoms with Gasteiger partial charge in [-0.2, -0.15) is 0 Å². The average Bonchev–Trinajstić information content (AvgIpc) is 2.50. The molecule has 0 heterocycles. The van der Waals surface area contributed by atoms with Crippen molar-refractivity contribution in [1.82, 2.24) is 0 Å². The second kappa shape index (κ2) is 7.14. The van der Waals surface area contributed by atoms with Gasteiger partial charge in [0.1, 0.15) is 11.5 Å². The second-order valence-corrected chi connectivity index (χ2v) is 5.33. The first-order valence-electron chi connectivity index (χ1n) is 7.14. The third-order valence-electron chi connectivity index (χ3n) is 3.59. The van der Waals surface area contributed by atoms with E-state index in [0.717, 1.165) is 29.9 Å². The highest BCUT2D eigenvalue weighted by molar-refractivity contribution is 5.41. The van der Waals surface area contributed by atoms with Crippen LogP contribution in [0.4, 0.5) is 0 Å². The van der Waals surface area contributed by atoms with E-state index in [1.165, 1.54) is 11.1 Å². The summed E-state index contributed by atoms with van der Waals surface area (Å²) in [4.78, 5) is 0. The number of hydrogen-bond acceptors (Lipinski definition) is 3. The summed E-state index contributed by atoms with van der Waals surface area (Å²) in [6.45, 7) is 2.09. The first-order chi connectivity index (χ1) is 10.1.